The second-order valence-electron chi connectivity index (χ2n) is 5.17. The fraction of sp³-hybridized carbons (Fsp3) is 0.438. The summed E-state index contributed by atoms with van der Waals surface area (Å²) in [6, 6.07) is 10.2. The topological polar surface area (TPSA) is 36.3 Å². The number of benzene rings is 1. The van der Waals surface area contributed by atoms with Crippen LogP contribution in [-0.2, 0) is 22.6 Å². The van der Waals surface area contributed by atoms with Crippen LogP contribution in [0.4, 0.5) is 0 Å². The molecule has 3 rings (SSSR count). The zero-order valence-corrected chi connectivity index (χ0v) is 11.5. The van der Waals surface area contributed by atoms with E-state index >= 15 is 0 Å². The van der Waals surface area contributed by atoms with E-state index in [1.54, 1.807) is 6.20 Å². The van der Waals surface area contributed by atoms with Crippen LogP contribution in [0, 0.1) is 0 Å². The number of nitrogens with zero attached hydrogens (tertiary/aromatic N) is 2. The SMILES string of the molecule is c1ccc(CO[C@H]2CCC[C@H](Cn3ccnc3)O2)cc1. The molecular weight excluding hydrogens is 252 g/mol. The molecule has 0 saturated carbocycles. The Balaban J connectivity index is 1.48. The highest BCUT2D eigenvalue weighted by atomic mass is 16.7. The average molecular weight is 272 g/mol. The molecule has 1 aliphatic heterocycles. The lowest BCUT2D eigenvalue weighted by atomic mass is 10.1. The van der Waals surface area contributed by atoms with Gasteiger partial charge in [0.25, 0.3) is 0 Å². The Bertz CT molecular complexity index is 498. The van der Waals surface area contributed by atoms with Crippen LogP contribution in [-0.4, -0.2) is 21.9 Å². The van der Waals surface area contributed by atoms with Crippen molar-refractivity contribution >= 4 is 0 Å². The molecule has 4 nitrogen and oxygen atoms in total. The lowest BCUT2D eigenvalue weighted by Crippen LogP contribution is -2.32. The van der Waals surface area contributed by atoms with E-state index in [4.69, 9.17) is 9.47 Å². The predicted molar refractivity (Wildman–Crippen MR) is 76.0 cm³/mol. The molecule has 0 N–H and O–H groups in total. The summed E-state index contributed by atoms with van der Waals surface area (Å²) in [5, 5.41) is 0. The van der Waals surface area contributed by atoms with Gasteiger partial charge in [-0.3, -0.25) is 0 Å². The summed E-state index contributed by atoms with van der Waals surface area (Å²) in [4.78, 5) is 4.06. The molecule has 2 heterocycles. The lowest BCUT2D eigenvalue weighted by Gasteiger charge is -2.30. The summed E-state index contributed by atoms with van der Waals surface area (Å²) in [6.07, 6.45) is 8.95. The molecule has 0 aliphatic carbocycles. The van der Waals surface area contributed by atoms with Crippen LogP contribution >= 0.6 is 0 Å². The van der Waals surface area contributed by atoms with E-state index in [0.29, 0.717) is 6.61 Å². The highest BCUT2D eigenvalue weighted by molar-refractivity contribution is 5.13. The number of aromatic nitrogens is 2. The highest BCUT2D eigenvalue weighted by Gasteiger charge is 2.23. The molecule has 0 bridgehead atoms. The zero-order chi connectivity index (χ0) is 13.6. The molecular formula is C16H20N2O2. The minimum atomic E-state index is -0.0857. The first kappa shape index (κ1) is 13.3. The van der Waals surface area contributed by atoms with Gasteiger partial charge in [0, 0.05) is 18.9 Å². The van der Waals surface area contributed by atoms with Crippen molar-refractivity contribution in [1.29, 1.82) is 0 Å². The van der Waals surface area contributed by atoms with Gasteiger partial charge >= 0.3 is 0 Å². The van der Waals surface area contributed by atoms with Gasteiger partial charge in [0.1, 0.15) is 0 Å². The molecule has 1 aliphatic rings. The smallest absolute Gasteiger partial charge is 0.158 e. The molecule has 1 aromatic carbocycles. The minimum Gasteiger partial charge on any atom is -0.348 e. The minimum absolute atomic E-state index is 0.0857. The van der Waals surface area contributed by atoms with Crippen LogP contribution in [0.1, 0.15) is 24.8 Å². The van der Waals surface area contributed by atoms with Crippen LogP contribution in [0.3, 0.4) is 0 Å². The monoisotopic (exact) mass is 272 g/mol. The summed E-state index contributed by atoms with van der Waals surface area (Å²) in [5.74, 6) is 0. The molecule has 2 aromatic rings. The van der Waals surface area contributed by atoms with Gasteiger partial charge in [-0.15, -0.1) is 0 Å². The average Bonchev–Trinajstić information content (AvgIpc) is 3.00. The summed E-state index contributed by atoms with van der Waals surface area (Å²) in [7, 11) is 0. The largest absolute Gasteiger partial charge is 0.348 e. The van der Waals surface area contributed by atoms with Crippen LogP contribution in [0.25, 0.3) is 0 Å². The number of hydrogen-bond acceptors (Lipinski definition) is 3. The quantitative estimate of drug-likeness (QED) is 0.839. The van der Waals surface area contributed by atoms with Gasteiger partial charge in [0.15, 0.2) is 6.29 Å². The maximum absolute atomic E-state index is 6.01. The Morgan fingerprint density at radius 3 is 2.95 bits per heavy atom. The Morgan fingerprint density at radius 2 is 2.15 bits per heavy atom. The van der Waals surface area contributed by atoms with Gasteiger partial charge in [-0.05, 0) is 24.8 Å². The van der Waals surface area contributed by atoms with Crippen molar-refractivity contribution in [3.8, 4) is 0 Å². The lowest BCUT2D eigenvalue weighted by molar-refractivity contribution is -0.201. The van der Waals surface area contributed by atoms with E-state index in [-0.39, 0.29) is 12.4 Å². The van der Waals surface area contributed by atoms with Crippen molar-refractivity contribution in [1.82, 2.24) is 9.55 Å². The fourth-order valence-electron chi connectivity index (χ4n) is 2.51. The van der Waals surface area contributed by atoms with E-state index in [2.05, 4.69) is 21.7 Å². The van der Waals surface area contributed by atoms with E-state index in [1.807, 2.05) is 30.7 Å². The molecule has 0 unspecified atom stereocenters. The standard InChI is InChI=1S/C16H20N2O2/c1-2-5-14(6-3-1)12-19-16-8-4-7-15(20-16)11-18-10-9-17-13-18/h1-3,5-6,9-10,13,15-16H,4,7-8,11-12H2/t15-,16-/m1/s1. The first-order chi connectivity index (χ1) is 9.90. The maximum Gasteiger partial charge on any atom is 0.158 e. The maximum atomic E-state index is 6.01. The van der Waals surface area contributed by atoms with Crippen molar-refractivity contribution in [2.75, 3.05) is 0 Å². The van der Waals surface area contributed by atoms with Crippen molar-refractivity contribution in [3.63, 3.8) is 0 Å². The third-order valence-corrected chi connectivity index (χ3v) is 3.56. The Hall–Kier alpha value is -1.65. The molecule has 2 atom stereocenters. The predicted octanol–water partition coefficient (Wildman–Crippen LogP) is 3.00. The van der Waals surface area contributed by atoms with Crippen LogP contribution < -0.4 is 0 Å². The molecule has 1 fully saturated rings. The molecule has 4 heteroatoms. The summed E-state index contributed by atoms with van der Waals surface area (Å²) >= 11 is 0. The van der Waals surface area contributed by atoms with Crippen molar-refractivity contribution in [2.24, 2.45) is 0 Å². The van der Waals surface area contributed by atoms with E-state index in [1.165, 1.54) is 5.56 Å². The summed E-state index contributed by atoms with van der Waals surface area (Å²) in [6.45, 7) is 1.47. The van der Waals surface area contributed by atoms with Crippen molar-refractivity contribution in [3.05, 3.63) is 54.6 Å². The van der Waals surface area contributed by atoms with Gasteiger partial charge in [0.05, 0.1) is 19.0 Å². The van der Waals surface area contributed by atoms with Crippen LogP contribution in [0.15, 0.2) is 49.1 Å². The van der Waals surface area contributed by atoms with E-state index < -0.39 is 0 Å². The summed E-state index contributed by atoms with van der Waals surface area (Å²) < 4.78 is 13.9. The van der Waals surface area contributed by atoms with E-state index in [0.717, 1.165) is 25.8 Å². The molecule has 106 valence electrons. The number of ether oxygens (including phenoxy) is 2. The molecule has 20 heavy (non-hydrogen) atoms. The fourth-order valence-corrected chi connectivity index (χ4v) is 2.51. The number of hydrogen-bond donors (Lipinski definition) is 0. The Labute approximate surface area is 119 Å². The zero-order valence-electron chi connectivity index (χ0n) is 11.5. The van der Waals surface area contributed by atoms with Crippen molar-refractivity contribution < 1.29 is 9.47 Å². The molecule has 1 aromatic heterocycles. The van der Waals surface area contributed by atoms with Gasteiger partial charge in [0.2, 0.25) is 0 Å². The van der Waals surface area contributed by atoms with Gasteiger partial charge in [-0.1, -0.05) is 30.3 Å². The number of rotatable bonds is 5. The Kier molecular flexibility index (Phi) is 4.46. The van der Waals surface area contributed by atoms with Crippen LogP contribution in [0.2, 0.25) is 0 Å². The highest BCUT2D eigenvalue weighted by Crippen LogP contribution is 2.22. The molecule has 0 amide bonds. The first-order valence-electron chi connectivity index (χ1n) is 7.17. The summed E-state index contributed by atoms with van der Waals surface area (Å²) in [5.41, 5.74) is 1.19. The first-order valence-corrected chi connectivity index (χ1v) is 7.17. The second kappa shape index (κ2) is 6.68. The second-order valence-corrected chi connectivity index (χ2v) is 5.17. The molecule has 0 spiro atoms. The van der Waals surface area contributed by atoms with Gasteiger partial charge in [-0.2, -0.15) is 0 Å². The molecule has 0 radical (unpaired) electrons. The Morgan fingerprint density at radius 1 is 1.25 bits per heavy atom. The van der Waals surface area contributed by atoms with Crippen LogP contribution in [0.5, 0.6) is 0 Å². The van der Waals surface area contributed by atoms with E-state index in [9.17, 15) is 0 Å². The third kappa shape index (κ3) is 3.68. The number of imidazole rings is 1. The van der Waals surface area contributed by atoms with Gasteiger partial charge < -0.3 is 14.0 Å². The third-order valence-electron chi connectivity index (χ3n) is 3.56. The normalized spacial score (nSPS) is 22.8. The molecule has 1 saturated heterocycles. The van der Waals surface area contributed by atoms with Gasteiger partial charge in [-0.25, -0.2) is 4.98 Å². The van der Waals surface area contributed by atoms with Crippen molar-refractivity contribution in [2.45, 2.75) is 44.8 Å².